The van der Waals surface area contributed by atoms with Crippen LogP contribution in [0.2, 0.25) is 0 Å². The van der Waals surface area contributed by atoms with Crippen LogP contribution in [0.5, 0.6) is 5.75 Å². The topological polar surface area (TPSA) is 89.1 Å². The van der Waals surface area contributed by atoms with Crippen LogP contribution in [0.1, 0.15) is 40.2 Å². The zero-order valence-electron chi connectivity index (χ0n) is 18.9. The Labute approximate surface area is 171 Å². The molecule has 1 aromatic heterocycles. The molecule has 1 fully saturated rings. The van der Waals surface area contributed by atoms with Crippen molar-refractivity contribution in [1.29, 1.82) is 0 Å². The fourth-order valence-electron chi connectivity index (χ4n) is 3.57. The van der Waals surface area contributed by atoms with Gasteiger partial charge in [0.15, 0.2) is 5.44 Å². The van der Waals surface area contributed by atoms with Crippen LogP contribution in [0.15, 0.2) is 21.3 Å². The summed E-state index contributed by atoms with van der Waals surface area (Å²) in [5, 5.41) is 21.6. The highest BCUT2D eigenvalue weighted by Gasteiger charge is 2.52. The Kier molecular flexibility index (Phi) is 5.09. The standard InChI is InChI=1S/C21H28O6S/c1-7-13-8-16(22)26-15-9-14(10(2)11(3)17(13)15)27-20-18(23)19(24)21(5,25-6)12(4)28-20/h8-9,12,18-20,23-24H,7H2,1-6H3/t12?,18-,19-,20-,21-/m1/s1/i7D2. The third kappa shape index (κ3) is 3.34. The Morgan fingerprint density at radius 2 is 2.00 bits per heavy atom. The number of methoxy groups -OCH3 is 1. The summed E-state index contributed by atoms with van der Waals surface area (Å²) in [7, 11) is 1.50. The minimum Gasteiger partial charge on any atom is -0.477 e. The minimum absolute atomic E-state index is 0.162. The lowest BCUT2D eigenvalue weighted by atomic mass is 9.90. The molecule has 2 N–H and O–H groups in total. The molecule has 2 aromatic rings. The number of aliphatic hydroxyl groups is 2. The molecule has 0 radical (unpaired) electrons. The van der Waals surface area contributed by atoms with E-state index in [9.17, 15) is 15.0 Å². The first-order chi connectivity index (χ1) is 13.8. The summed E-state index contributed by atoms with van der Waals surface area (Å²) in [4.78, 5) is 12.0. The highest BCUT2D eigenvalue weighted by Crippen LogP contribution is 2.42. The molecular formula is C21H28O6S. The van der Waals surface area contributed by atoms with Crippen molar-refractivity contribution in [2.75, 3.05) is 7.11 Å². The predicted molar refractivity (Wildman–Crippen MR) is 110 cm³/mol. The summed E-state index contributed by atoms with van der Waals surface area (Å²) in [6.07, 6.45) is -4.08. The SMILES string of the molecule is [2H]C([2H])(C)c1cc(=O)oc2cc(O[C@@H]3SC(C)[C@@](C)(OC)[C@H](O)[C@H]3O)c(C)c(C)c12. The molecule has 1 saturated heterocycles. The van der Waals surface area contributed by atoms with Crippen LogP contribution in [-0.2, 0) is 11.1 Å². The van der Waals surface area contributed by atoms with Gasteiger partial charge < -0.3 is 24.1 Å². The smallest absolute Gasteiger partial charge is 0.336 e. The van der Waals surface area contributed by atoms with E-state index in [1.165, 1.54) is 31.9 Å². The predicted octanol–water partition coefficient (Wildman–Crippen LogP) is 2.94. The van der Waals surface area contributed by atoms with E-state index >= 15 is 0 Å². The minimum atomic E-state index is -1.73. The molecule has 5 atom stereocenters. The van der Waals surface area contributed by atoms with Crippen molar-refractivity contribution in [2.24, 2.45) is 0 Å². The molecule has 0 aliphatic carbocycles. The molecule has 1 unspecified atom stereocenters. The van der Waals surface area contributed by atoms with Gasteiger partial charge in [-0.1, -0.05) is 13.8 Å². The molecule has 7 heteroatoms. The van der Waals surface area contributed by atoms with E-state index in [2.05, 4.69) is 0 Å². The van der Waals surface area contributed by atoms with Gasteiger partial charge in [0.1, 0.15) is 29.1 Å². The third-order valence-electron chi connectivity index (χ3n) is 5.85. The largest absolute Gasteiger partial charge is 0.477 e. The first kappa shape index (κ1) is 18.5. The van der Waals surface area contributed by atoms with Crippen LogP contribution in [0, 0.1) is 13.8 Å². The van der Waals surface area contributed by atoms with E-state index < -0.39 is 35.2 Å². The number of ether oxygens (including phenoxy) is 2. The second-order valence-corrected chi connectivity index (χ2v) is 8.76. The maximum atomic E-state index is 12.0. The lowest BCUT2D eigenvalue weighted by Gasteiger charge is -2.47. The molecule has 1 aliphatic rings. The average Bonchev–Trinajstić information content (AvgIpc) is 2.66. The Bertz CT molecular complexity index is 1020. The summed E-state index contributed by atoms with van der Waals surface area (Å²) in [5.74, 6) is 0.397. The normalized spacial score (nSPS) is 32.1. The van der Waals surface area contributed by atoms with E-state index in [0.717, 1.165) is 11.1 Å². The monoisotopic (exact) mass is 410 g/mol. The van der Waals surface area contributed by atoms with Crippen molar-refractivity contribution in [1.82, 2.24) is 0 Å². The van der Waals surface area contributed by atoms with Crippen molar-refractivity contribution in [3.05, 3.63) is 39.2 Å². The molecule has 2 heterocycles. The van der Waals surface area contributed by atoms with Crippen LogP contribution in [0.4, 0.5) is 0 Å². The van der Waals surface area contributed by atoms with E-state index in [0.29, 0.717) is 11.1 Å². The molecule has 6 nitrogen and oxygen atoms in total. The first-order valence-corrected chi connectivity index (χ1v) is 10.1. The Hall–Kier alpha value is -1.54. The van der Waals surface area contributed by atoms with Crippen molar-refractivity contribution >= 4 is 22.7 Å². The van der Waals surface area contributed by atoms with Crippen LogP contribution >= 0.6 is 11.8 Å². The van der Waals surface area contributed by atoms with Crippen LogP contribution in [0.3, 0.4) is 0 Å². The lowest BCUT2D eigenvalue weighted by Crippen LogP contribution is -2.61. The summed E-state index contributed by atoms with van der Waals surface area (Å²) < 4.78 is 33.0. The van der Waals surface area contributed by atoms with E-state index in [4.69, 9.17) is 16.6 Å². The van der Waals surface area contributed by atoms with Gasteiger partial charge in [-0.2, -0.15) is 0 Å². The molecule has 1 aromatic carbocycles. The zero-order valence-corrected chi connectivity index (χ0v) is 17.7. The van der Waals surface area contributed by atoms with Crippen LogP contribution < -0.4 is 10.4 Å². The van der Waals surface area contributed by atoms with E-state index in [1.54, 1.807) is 13.0 Å². The number of hydrogen-bond acceptors (Lipinski definition) is 7. The molecule has 154 valence electrons. The van der Waals surface area contributed by atoms with Gasteiger partial charge >= 0.3 is 5.63 Å². The van der Waals surface area contributed by atoms with Crippen LogP contribution in [0.25, 0.3) is 11.0 Å². The van der Waals surface area contributed by atoms with Gasteiger partial charge in [0.05, 0.1) is 0 Å². The van der Waals surface area contributed by atoms with Gasteiger partial charge in [0.2, 0.25) is 0 Å². The van der Waals surface area contributed by atoms with Crippen molar-refractivity contribution in [3.63, 3.8) is 0 Å². The average molecular weight is 411 g/mol. The van der Waals surface area contributed by atoms with Gasteiger partial charge in [-0.15, -0.1) is 11.8 Å². The maximum Gasteiger partial charge on any atom is 0.336 e. The number of thioether (sulfide) groups is 1. The molecule has 3 rings (SSSR count). The molecule has 0 saturated carbocycles. The number of aliphatic hydroxyl groups excluding tert-OH is 2. The van der Waals surface area contributed by atoms with Crippen molar-refractivity contribution < 1.29 is 26.8 Å². The first-order valence-electron chi connectivity index (χ1n) is 10.1. The number of hydrogen-bond donors (Lipinski definition) is 2. The van der Waals surface area contributed by atoms with Crippen molar-refractivity contribution in [2.45, 2.75) is 69.5 Å². The number of aryl methyl sites for hydroxylation is 2. The molecule has 0 spiro atoms. The highest BCUT2D eigenvalue weighted by atomic mass is 32.2. The summed E-state index contributed by atoms with van der Waals surface area (Å²) >= 11 is 1.35. The summed E-state index contributed by atoms with van der Waals surface area (Å²) in [6, 6.07) is 2.72. The van der Waals surface area contributed by atoms with Gasteiger partial charge in [0, 0.05) is 32.6 Å². The van der Waals surface area contributed by atoms with E-state index in [-0.39, 0.29) is 16.4 Å². The van der Waals surface area contributed by atoms with Gasteiger partial charge in [-0.3, -0.25) is 0 Å². The molecule has 0 amide bonds. The summed E-state index contributed by atoms with van der Waals surface area (Å²) in [5.41, 5.74) is -0.410. The van der Waals surface area contributed by atoms with Crippen LogP contribution in [-0.4, -0.2) is 45.8 Å². The lowest BCUT2D eigenvalue weighted by molar-refractivity contribution is -0.150. The Morgan fingerprint density at radius 1 is 1.32 bits per heavy atom. The van der Waals surface area contributed by atoms with Crippen molar-refractivity contribution in [3.8, 4) is 5.75 Å². The molecular weight excluding hydrogens is 380 g/mol. The highest BCUT2D eigenvalue weighted by molar-refractivity contribution is 8.00. The fraction of sp³-hybridized carbons (Fsp3) is 0.571. The fourth-order valence-corrected chi connectivity index (χ4v) is 4.95. The van der Waals surface area contributed by atoms with Gasteiger partial charge in [-0.05, 0) is 43.8 Å². The van der Waals surface area contributed by atoms with E-state index in [1.807, 2.05) is 20.8 Å². The van der Waals surface area contributed by atoms with Gasteiger partial charge in [-0.25, -0.2) is 4.79 Å². The number of rotatable bonds is 4. The number of fused-ring (bicyclic) bond motifs is 1. The molecule has 28 heavy (non-hydrogen) atoms. The Balaban J connectivity index is 2.06. The summed E-state index contributed by atoms with van der Waals surface area (Å²) in [6.45, 7) is 8.67. The van der Waals surface area contributed by atoms with Gasteiger partial charge in [0.25, 0.3) is 0 Å². The quantitative estimate of drug-likeness (QED) is 0.749. The second kappa shape index (κ2) is 7.71. The second-order valence-electron chi connectivity index (χ2n) is 7.31. The third-order valence-corrected chi connectivity index (χ3v) is 7.36. The number of benzene rings is 1. The molecule has 0 bridgehead atoms. The zero-order chi connectivity index (χ0) is 22.6. The Morgan fingerprint density at radius 3 is 2.61 bits per heavy atom. The maximum absolute atomic E-state index is 12.0. The molecule has 1 aliphatic heterocycles.